The number of likely N-dealkylation sites (N-methyl/N-ethyl adjacent to an activating group) is 1. The number of ketones is 6. The standard InChI is InChI=1S/C57H83N7O12/c1-8-10-15-37(30-48(68)43(21-22-47(67)56(75)59-7)61-51(71)24-23-46(66)44-18-13-26-63(44)52(72)25-20-36(6)65)55(74)62-53(35(5)9-2)50(70)32-39(28-34(3)4)57(76)64-27-14-19-45(64)49(69)31-38(54(58)73)29-40-33-60-42-17-12-11-16-41(40)42/h11-12,16-17,33-35,37-39,43-45,53,60H,8-10,13-15,18-32H2,1-7H3,(H2,58,73)(H,59,75)(H,61,71)(H,62,74)/t35-,37-,38-,39-,43+,44+,45+,53?/m1/s1. The number of Topliss-reactive ketones (excluding diaryl/α,β-unsaturated/α-hetero) is 6. The van der Waals surface area contributed by atoms with Crippen molar-refractivity contribution < 1.29 is 57.5 Å². The lowest BCUT2D eigenvalue weighted by Crippen LogP contribution is -2.50. The number of hydrogen-bond donors (Lipinski definition) is 5. The molecule has 0 radical (unpaired) electrons. The van der Waals surface area contributed by atoms with Gasteiger partial charge in [0, 0.05) is 106 Å². The molecule has 8 atom stereocenters. The number of aromatic nitrogens is 1. The summed E-state index contributed by atoms with van der Waals surface area (Å²) in [6.07, 6.45) is 4.22. The van der Waals surface area contributed by atoms with Crippen LogP contribution in [0.25, 0.3) is 10.9 Å². The van der Waals surface area contributed by atoms with Crippen LogP contribution >= 0.6 is 0 Å². The summed E-state index contributed by atoms with van der Waals surface area (Å²) < 4.78 is 0. The second-order valence-corrected chi connectivity index (χ2v) is 21.5. The minimum atomic E-state index is -1.32. The summed E-state index contributed by atoms with van der Waals surface area (Å²) in [6.45, 7) is 11.5. The van der Waals surface area contributed by atoms with Gasteiger partial charge in [0.05, 0.1) is 24.2 Å². The Labute approximate surface area is 447 Å². The van der Waals surface area contributed by atoms with E-state index in [9.17, 15) is 57.5 Å². The summed E-state index contributed by atoms with van der Waals surface area (Å²) in [5.41, 5.74) is 7.60. The Morgan fingerprint density at radius 3 is 2.03 bits per heavy atom. The summed E-state index contributed by atoms with van der Waals surface area (Å²) in [4.78, 5) is 167. The average molecular weight is 1060 g/mol. The Bertz CT molecular complexity index is 2430. The molecule has 2 aliphatic heterocycles. The maximum absolute atomic E-state index is 14.6. The molecule has 6 N–H and O–H groups in total. The van der Waals surface area contributed by atoms with Crippen LogP contribution in [0.1, 0.15) is 163 Å². The van der Waals surface area contributed by atoms with E-state index in [0.29, 0.717) is 64.5 Å². The lowest BCUT2D eigenvalue weighted by molar-refractivity contribution is -0.144. The van der Waals surface area contributed by atoms with E-state index in [0.717, 1.165) is 16.5 Å². The summed E-state index contributed by atoms with van der Waals surface area (Å²) in [5, 5.41) is 8.73. The van der Waals surface area contributed by atoms with Gasteiger partial charge in [-0.15, -0.1) is 0 Å². The molecule has 418 valence electrons. The number of fused-ring (bicyclic) bond motifs is 1. The summed E-state index contributed by atoms with van der Waals surface area (Å²) in [7, 11) is 1.28. The van der Waals surface area contributed by atoms with Gasteiger partial charge in [0.25, 0.3) is 5.91 Å². The lowest BCUT2D eigenvalue weighted by atomic mass is 9.84. The second kappa shape index (κ2) is 30.4. The van der Waals surface area contributed by atoms with Gasteiger partial charge in [0.1, 0.15) is 5.78 Å². The number of nitrogens with one attached hydrogen (secondary N) is 4. The third-order valence-electron chi connectivity index (χ3n) is 15.1. The van der Waals surface area contributed by atoms with Crippen LogP contribution in [0.15, 0.2) is 30.5 Å². The zero-order valence-electron chi connectivity index (χ0n) is 45.8. The van der Waals surface area contributed by atoms with Crippen molar-refractivity contribution in [3.05, 3.63) is 36.0 Å². The van der Waals surface area contributed by atoms with Gasteiger partial charge in [-0.25, -0.2) is 0 Å². The van der Waals surface area contributed by atoms with E-state index in [4.69, 9.17) is 5.73 Å². The summed E-state index contributed by atoms with van der Waals surface area (Å²) >= 11 is 0. The summed E-state index contributed by atoms with van der Waals surface area (Å²) in [5.74, 6) is -9.03. The number of nitrogens with zero attached hydrogens (tertiary/aromatic N) is 2. The Morgan fingerprint density at radius 1 is 0.737 bits per heavy atom. The molecular formula is C57H83N7O12. The number of nitrogens with two attached hydrogens (primary N) is 1. The molecule has 2 aliphatic rings. The van der Waals surface area contributed by atoms with Gasteiger partial charge in [-0.1, -0.05) is 72.1 Å². The highest BCUT2D eigenvalue weighted by Crippen LogP contribution is 2.30. The molecule has 0 bridgehead atoms. The molecule has 0 saturated carbocycles. The number of para-hydroxylation sites is 1. The monoisotopic (exact) mass is 1060 g/mol. The maximum Gasteiger partial charge on any atom is 0.287 e. The minimum Gasteiger partial charge on any atom is -0.369 e. The first kappa shape index (κ1) is 62.1. The highest BCUT2D eigenvalue weighted by atomic mass is 16.2. The first-order chi connectivity index (χ1) is 36.1. The third-order valence-corrected chi connectivity index (χ3v) is 15.1. The molecule has 3 heterocycles. The molecule has 19 heteroatoms. The molecule has 0 spiro atoms. The largest absolute Gasteiger partial charge is 0.369 e. The second-order valence-electron chi connectivity index (χ2n) is 21.5. The van der Waals surface area contributed by atoms with Gasteiger partial charge >= 0.3 is 0 Å². The smallest absolute Gasteiger partial charge is 0.287 e. The number of likely N-dealkylation sites (tertiary alicyclic amines) is 2. The molecule has 2 saturated heterocycles. The van der Waals surface area contributed by atoms with Crippen LogP contribution < -0.4 is 21.7 Å². The van der Waals surface area contributed by atoms with E-state index < -0.39 is 89.5 Å². The fourth-order valence-corrected chi connectivity index (χ4v) is 10.6. The van der Waals surface area contributed by atoms with Gasteiger partial charge in [-0.3, -0.25) is 52.7 Å². The lowest BCUT2D eigenvalue weighted by Gasteiger charge is -2.31. The van der Waals surface area contributed by atoms with Crippen molar-refractivity contribution in [3.8, 4) is 0 Å². The fraction of sp³-hybridized carbons (Fsp3) is 0.649. The van der Waals surface area contributed by atoms with E-state index in [1.165, 1.54) is 23.8 Å². The molecule has 2 aromatic rings. The predicted molar refractivity (Wildman–Crippen MR) is 285 cm³/mol. The van der Waals surface area contributed by atoms with Crippen molar-refractivity contribution in [2.75, 3.05) is 20.1 Å². The first-order valence-corrected chi connectivity index (χ1v) is 27.5. The molecule has 1 aromatic carbocycles. The Kier molecular flexibility index (Phi) is 24.8. The molecule has 0 aliphatic carbocycles. The van der Waals surface area contributed by atoms with Crippen LogP contribution in [0.3, 0.4) is 0 Å². The van der Waals surface area contributed by atoms with E-state index >= 15 is 0 Å². The van der Waals surface area contributed by atoms with E-state index in [1.54, 1.807) is 6.20 Å². The average Bonchev–Trinajstić information content (AvgIpc) is 4.19. The molecule has 6 amide bonds. The van der Waals surface area contributed by atoms with Gasteiger partial charge in [0.2, 0.25) is 35.3 Å². The van der Waals surface area contributed by atoms with Crippen LogP contribution in [-0.4, -0.2) is 129 Å². The number of unbranched alkanes of at least 4 members (excludes halogenated alkanes) is 1. The quantitative estimate of drug-likeness (QED) is 0.0581. The highest BCUT2D eigenvalue weighted by molar-refractivity contribution is 6.36. The molecule has 1 unspecified atom stereocenters. The minimum absolute atomic E-state index is 0.0201. The molecule has 76 heavy (non-hydrogen) atoms. The topological polar surface area (TPSA) is 289 Å². The molecule has 19 nitrogen and oxygen atoms in total. The number of carbonyl (C=O) groups is 12. The van der Waals surface area contributed by atoms with Crippen molar-refractivity contribution >= 4 is 81.0 Å². The van der Waals surface area contributed by atoms with E-state index in [2.05, 4.69) is 20.9 Å². The van der Waals surface area contributed by atoms with Gasteiger partial charge in [-0.05, 0) is 81.8 Å². The van der Waals surface area contributed by atoms with Crippen LogP contribution in [0.2, 0.25) is 0 Å². The van der Waals surface area contributed by atoms with Crippen LogP contribution in [-0.2, 0) is 64.0 Å². The van der Waals surface area contributed by atoms with Crippen molar-refractivity contribution in [2.24, 2.45) is 35.3 Å². The van der Waals surface area contributed by atoms with Crippen LogP contribution in [0.4, 0.5) is 0 Å². The molecule has 4 rings (SSSR count). The number of hydrogen-bond acceptors (Lipinski definition) is 12. The number of aromatic amines is 1. The van der Waals surface area contributed by atoms with Crippen LogP contribution in [0.5, 0.6) is 0 Å². The fourth-order valence-electron chi connectivity index (χ4n) is 10.6. The number of primary amides is 1. The Balaban J connectivity index is 1.48. The van der Waals surface area contributed by atoms with Crippen molar-refractivity contribution in [1.29, 1.82) is 0 Å². The Morgan fingerprint density at radius 2 is 1.39 bits per heavy atom. The maximum atomic E-state index is 14.6. The van der Waals surface area contributed by atoms with Crippen molar-refractivity contribution in [1.82, 2.24) is 30.7 Å². The van der Waals surface area contributed by atoms with E-state index in [1.807, 2.05) is 58.9 Å². The predicted octanol–water partition coefficient (Wildman–Crippen LogP) is 4.97. The molecular weight excluding hydrogens is 975 g/mol. The van der Waals surface area contributed by atoms with Crippen molar-refractivity contribution in [2.45, 2.75) is 188 Å². The first-order valence-electron chi connectivity index (χ1n) is 27.5. The van der Waals surface area contributed by atoms with Crippen molar-refractivity contribution in [3.63, 3.8) is 0 Å². The number of amides is 6. The number of benzene rings is 1. The number of rotatable bonds is 34. The number of H-pyrrole nitrogens is 1. The zero-order valence-corrected chi connectivity index (χ0v) is 45.8. The third kappa shape index (κ3) is 18.1. The van der Waals surface area contributed by atoms with E-state index in [-0.39, 0.29) is 105 Å². The van der Waals surface area contributed by atoms with Gasteiger partial charge < -0.3 is 41.3 Å². The molecule has 2 fully saturated rings. The van der Waals surface area contributed by atoms with Gasteiger partial charge in [-0.2, -0.15) is 0 Å². The SMILES string of the molecule is CCCC[C@H](CC(=O)[C@H](CCC(=O)C(=O)NC)NC(=O)CCC(=O)[C@@H]1CCCN1C(=O)CCC(C)=O)C(=O)NC(C(=O)C[C@@H](CC(C)C)C(=O)N1CCC[C@H]1C(=O)C[C@@H](Cc1c[nH]c2ccccc12)C(N)=O)[C@H](C)CC. The van der Waals surface area contributed by atoms with Crippen LogP contribution in [0, 0.1) is 29.6 Å². The number of carbonyl (C=O) groups excluding carboxylic acids is 12. The highest BCUT2D eigenvalue weighted by Gasteiger charge is 2.41. The van der Waals surface area contributed by atoms with Gasteiger partial charge in [0.15, 0.2) is 23.1 Å². The zero-order chi connectivity index (χ0) is 56.2. The normalized spacial score (nSPS) is 17.8. The molecule has 1 aromatic heterocycles. The Hall–Kier alpha value is -6.40. The summed E-state index contributed by atoms with van der Waals surface area (Å²) in [6, 6.07) is 3.71.